The molecule has 0 aliphatic carbocycles. The summed E-state index contributed by atoms with van der Waals surface area (Å²) in [5.74, 6) is -0.841. The minimum Gasteiger partial charge on any atom is -0.478 e. The number of hydrogen-bond acceptors (Lipinski definition) is 1. The Hall–Kier alpha value is -1.05. The van der Waals surface area contributed by atoms with Gasteiger partial charge in [0.15, 0.2) is 0 Å². The van der Waals surface area contributed by atoms with Gasteiger partial charge in [0.1, 0.15) is 0 Å². The fourth-order valence-corrected chi connectivity index (χ4v) is 2.16. The second-order valence-corrected chi connectivity index (χ2v) is 5.41. The van der Waals surface area contributed by atoms with Crippen LogP contribution in [0.3, 0.4) is 0 Å². The number of carbonyl (C=O) groups is 1. The Morgan fingerprint density at radius 2 is 1.20 bits per heavy atom. The van der Waals surface area contributed by atoms with Gasteiger partial charge in [-0.05, 0) is 38.5 Å². The second kappa shape index (κ2) is 16.0. The Morgan fingerprint density at radius 3 is 1.70 bits per heavy atom. The lowest BCUT2D eigenvalue weighted by atomic mass is 10.1. The SMILES string of the molecule is CCCCCCC=CCCCCCCCC=CC(=O)O. The number of rotatable bonds is 14. The summed E-state index contributed by atoms with van der Waals surface area (Å²) in [6.45, 7) is 2.25. The zero-order chi connectivity index (χ0) is 14.9. The van der Waals surface area contributed by atoms with Crippen molar-refractivity contribution >= 4 is 5.97 Å². The van der Waals surface area contributed by atoms with Crippen LogP contribution in [0.5, 0.6) is 0 Å². The van der Waals surface area contributed by atoms with E-state index in [0.29, 0.717) is 0 Å². The molecule has 0 atom stereocenters. The molecule has 0 saturated heterocycles. The largest absolute Gasteiger partial charge is 0.478 e. The van der Waals surface area contributed by atoms with E-state index in [0.717, 1.165) is 12.8 Å². The maximum Gasteiger partial charge on any atom is 0.327 e. The highest BCUT2D eigenvalue weighted by Gasteiger charge is 1.90. The second-order valence-electron chi connectivity index (χ2n) is 5.41. The minimum absolute atomic E-state index is 0.841. The molecular weight excluding hydrogens is 248 g/mol. The first-order valence-electron chi connectivity index (χ1n) is 8.31. The third-order valence-electron chi connectivity index (χ3n) is 3.39. The van der Waals surface area contributed by atoms with Crippen LogP contribution in [-0.4, -0.2) is 11.1 Å². The molecule has 1 N–H and O–H groups in total. The molecule has 0 fully saturated rings. The molecule has 0 aliphatic rings. The van der Waals surface area contributed by atoms with Crippen molar-refractivity contribution in [1.82, 2.24) is 0 Å². The van der Waals surface area contributed by atoms with Gasteiger partial charge in [-0.15, -0.1) is 0 Å². The predicted octanol–water partition coefficient (Wildman–Crippen LogP) is 5.88. The van der Waals surface area contributed by atoms with E-state index < -0.39 is 5.97 Å². The van der Waals surface area contributed by atoms with Crippen LogP contribution in [0.4, 0.5) is 0 Å². The molecule has 0 unspecified atom stereocenters. The summed E-state index contributed by atoms with van der Waals surface area (Å²) in [4.78, 5) is 10.2. The molecule has 0 aromatic rings. The first-order valence-corrected chi connectivity index (χ1v) is 8.31. The van der Waals surface area contributed by atoms with Crippen LogP contribution in [0.15, 0.2) is 24.3 Å². The normalized spacial score (nSPS) is 11.7. The van der Waals surface area contributed by atoms with Gasteiger partial charge >= 0.3 is 5.97 Å². The Morgan fingerprint density at radius 1 is 0.750 bits per heavy atom. The zero-order valence-electron chi connectivity index (χ0n) is 13.2. The average Bonchev–Trinajstić information content (AvgIpc) is 2.43. The van der Waals surface area contributed by atoms with Gasteiger partial charge < -0.3 is 5.11 Å². The van der Waals surface area contributed by atoms with Crippen molar-refractivity contribution in [3.8, 4) is 0 Å². The Balaban J connectivity index is 3.12. The van der Waals surface area contributed by atoms with E-state index in [1.54, 1.807) is 6.08 Å². The monoisotopic (exact) mass is 280 g/mol. The Kier molecular flexibility index (Phi) is 15.2. The lowest BCUT2D eigenvalue weighted by Crippen LogP contribution is -1.85. The molecule has 0 heterocycles. The fraction of sp³-hybridized carbons (Fsp3) is 0.722. The summed E-state index contributed by atoms with van der Waals surface area (Å²) in [6, 6.07) is 0. The van der Waals surface area contributed by atoms with Crippen LogP contribution in [0.25, 0.3) is 0 Å². The van der Waals surface area contributed by atoms with E-state index in [1.165, 1.54) is 70.3 Å². The Labute approximate surface area is 125 Å². The molecule has 0 aromatic heterocycles. The topological polar surface area (TPSA) is 37.3 Å². The molecule has 0 saturated carbocycles. The highest BCUT2D eigenvalue weighted by molar-refractivity contribution is 5.79. The molecule has 0 aliphatic heterocycles. The fourth-order valence-electron chi connectivity index (χ4n) is 2.16. The van der Waals surface area contributed by atoms with Crippen LogP contribution < -0.4 is 0 Å². The van der Waals surface area contributed by atoms with Crippen LogP contribution in [0.1, 0.15) is 84.0 Å². The maximum atomic E-state index is 10.2. The molecule has 0 spiro atoms. The van der Waals surface area contributed by atoms with Crippen molar-refractivity contribution < 1.29 is 9.90 Å². The quantitative estimate of drug-likeness (QED) is 0.245. The Bertz CT molecular complexity index is 267. The number of carboxylic acids is 1. The molecule has 0 radical (unpaired) electrons. The van der Waals surface area contributed by atoms with Crippen molar-refractivity contribution in [2.45, 2.75) is 84.0 Å². The van der Waals surface area contributed by atoms with Crippen LogP contribution >= 0.6 is 0 Å². The number of aliphatic carboxylic acids is 1. The van der Waals surface area contributed by atoms with Gasteiger partial charge in [-0.2, -0.15) is 0 Å². The van der Waals surface area contributed by atoms with Crippen LogP contribution in [0, 0.1) is 0 Å². The van der Waals surface area contributed by atoms with Crippen molar-refractivity contribution in [2.24, 2.45) is 0 Å². The van der Waals surface area contributed by atoms with Gasteiger partial charge in [0, 0.05) is 6.08 Å². The molecular formula is C18H32O2. The summed E-state index contributed by atoms with van der Waals surface area (Å²) in [7, 11) is 0. The highest BCUT2D eigenvalue weighted by Crippen LogP contribution is 2.09. The summed E-state index contributed by atoms with van der Waals surface area (Å²) < 4.78 is 0. The van der Waals surface area contributed by atoms with E-state index in [2.05, 4.69) is 19.1 Å². The van der Waals surface area contributed by atoms with Gasteiger partial charge in [0.05, 0.1) is 0 Å². The number of hydrogen-bond donors (Lipinski definition) is 1. The van der Waals surface area contributed by atoms with Crippen molar-refractivity contribution in [2.75, 3.05) is 0 Å². The molecule has 20 heavy (non-hydrogen) atoms. The van der Waals surface area contributed by atoms with Crippen molar-refractivity contribution in [3.05, 3.63) is 24.3 Å². The summed E-state index contributed by atoms with van der Waals surface area (Å²) >= 11 is 0. The average molecular weight is 280 g/mol. The third-order valence-corrected chi connectivity index (χ3v) is 3.39. The van der Waals surface area contributed by atoms with Crippen LogP contribution in [-0.2, 0) is 4.79 Å². The lowest BCUT2D eigenvalue weighted by molar-refractivity contribution is -0.131. The van der Waals surface area contributed by atoms with E-state index in [1.807, 2.05) is 0 Å². The first kappa shape index (κ1) is 18.9. The van der Waals surface area contributed by atoms with Gasteiger partial charge in [-0.25, -0.2) is 4.79 Å². The highest BCUT2D eigenvalue weighted by atomic mass is 16.4. The van der Waals surface area contributed by atoms with E-state index >= 15 is 0 Å². The van der Waals surface area contributed by atoms with Crippen LogP contribution in [0.2, 0.25) is 0 Å². The molecule has 0 amide bonds. The standard InChI is InChI=1S/C18H32O2/c1-2-3-4-5-6-7-8-9-10-11-12-13-14-15-16-17-18(19)20/h7-8,16-17H,2-6,9-15H2,1H3,(H,19,20). The number of allylic oxidation sites excluding steroid dienone is 3. The first-order chi connectivity index (χ1) is 9.77. The lowest BCUT2D eigenvalue weighted by Gasteiger charge is -1.98. The summed E-state index contributed by atoms with van der Waals surface area (Å²) in [6.07, 6.45) is 22.6. The van der Waals surface area contributed by atoms with Crippen molar-refractivity contribution in [1.29, 1.82) is 0 Å². The van der Waals surface area contributed by atoms with E-state index in [-0.39, 0.29) is 0 Å². The minimum atomic E-state index is -0.841. The van der Waals surface area contributed by atoms with E-state index in [9.17, 15) is 4.79 Å². The number of unbranched alkanes of at least 4 members (excludes halogenated alkanes) is 10. The van der Waals surface area contributed by atoms with E-state index in [4.69, 9.17) is 5.11 Å². The molecule has 0 aromatic carbocycles. The van der Waals surface area contributed by atoms with Gasteiger partial charge in [0.2, 0.25) is 0 Å². The molecule has 2 heteroatoms. The molecule has 0 rings (SSSR count). The van der Waals surface area contributed by atoms with Gasteiger partial charge in [0.25, 0.3) is 0 Å². The maximum absolute atomic E-state index is 10.2. The molecule has 116 valence electrons. The third kappa shape index (κ3) is 16.9. The van der Waals surface area contributed by atoms with Gasteiger partial charge in [-0.1, -0.05) is 63.7 Å². The number of carboxylic acid groups (broad SMARTS) is 1. The smallest absolute Gasteiger partial charge is 0.327 e. The summed E-state index contributed by atoms with van der Waals surface area (Å²) in [5, 5.41) is 8.42. The summed E-state index contributed by atoms with van der Waals surface area (Å²) in [5.41, 5.74) is 0. The molecule has 0 bridgehead atoms. The predicted molar refractivity (Wildman–Crippen MR) is 87.0 cm³/mol. The zero-order valence-corrected chi connectivity index (χ0v) is 13.2. The molecule has 2 nitrogen and oxygen atoms in total. The van der Waals surface area contributed by atoms with Crippen molar-refractivity contribution in [3.63, 3.8) is 0 Å². The van der Waals surface area contributed by atoms with Gasteiger partial charge in [-0.3, -0.25) is 0 Å².